The van der Waals surface area contributed by atoms with Gasteiger partial charge in [0.1, 0.15) is 5.54 Å². The van der Waals surface area contributed by atoms with Gasteiger partial charge in [-0.25, -0.2) is 4.79 Å². The molecule has 2 rings (SSSR count). The van der Waals surface area contributed by atoms with E-state index in [1.54, 1.807) is 18.7 Å². The number of rotatable bonds is 2. The Bertz CT molecular complexity index is 610. The number of amides is 2. The first-order chi connectivity index (χ1) is 9.23. The molecule has 0 saturated carbocycles. The van der Waals surface area contributed by atoms with Crippen LogP contribution in [-0.4, -0.2) is 35.0 Å². The van der Waals surface area contributed by atoms with Gasteiger partial charge in [0, 0.05) is 11.4 Å². The molecule has 1 fully saturated rings. The lowest BCUT2D eigenvalue weighted by Gasteiger charge is -2.41. The fraction of sp³-hybridized carbons (Fsp3) is 0.308. The number of nitrogens with zero attached hydrogens (tertiary/aromatic N) is 1. The van der Waals surface area contributed by atoms with E-state index >= 15 is 0 Å². The topological polar surface area (TPSA) is 113 Å². The van der Waals surface area contributed by atoms with Crippen LogP contribution in [0.5, 0.6) is 0 Å². The molecule has 2 amide bonds. The molecular weight excluding hydrogens is 262 g/mol. The van der Waals surface area contributed by atoms with Crippen LogP contribution in [0.15, 0.2) is 18.2 Å². The Morgan fingerprint density at radius 3 is 2.60 bits per heavy atom. The summed E-state index contributed by atoms with van der Waals surface area (Å²) in [5.41, 5.74) is 5.37. The summed E-state index contributed by atoms with van der Waals surface area (Å²) in [6, 6.07) is 4.35. The third kappa shape index (κ3) is 2.18. The first-order valence-corrected chi connectivity index (χ1v) is 5.98. The van der Waals surface area contributed by atoms with E-state index in [2.05, 4.69) is 5.32 Å². The predicted molar refractivity (Wildman–Crippen MR) is 72.4 cm³/mol. The summed E-state index contributed by atoms with van der Waals surface area (Å²) in [6.45, 7) is 3.36. The molecule has 1 aromatic carbocycles. The maximum atomic E-state index is 11.9. The summed E-state index contributed by atoms with van der Waals surface area (Å²) in [7, 11) is 0. The monoisotopic (exact) mass is 277 g/mol. The fourth-order valence-electron chi connectivity index (χ4n) is 2.11. The van der Waals surface area contributed by atoms with E-state index in [-0.39, 0.29) is 17.8 Å². The first kappa shape index (κ1) is 13.9. The van der Waals surface area contributed by atoms with Gasteiger partial charge in [-0.05, 0) is 32.0 Å². The van der Waals surface area contributed by atoms with Gasteiger partial charge < -0.3 is 15.7 Å². The molecule has 0 unspecified atom stereocenters. The molecule has 0 radical (unpaired) electrons. The quantitative estimate of drug-likeness (QED) is 0.526. The number of anilines is 2. The van der Waals surface area contributed by atoms with Crippen molar-refractivity contribution in [1.82, 2.24) is 5.32 Å². The van der Waals surface area contributed by atoms with Crippen molar-refractivity contribution < 1.29 is 19.5 Å². The third-order valence-corrected chi connectivity index (χ3v) is 3.36. The first-order valence-electron chi connectivity index (χ1n) is 5.98. The van der Waals surface area contributed by atoms with Crippen molar-refractivity contribution in [2.24, 2.45) is 0 Å². The van der Waals surface area contributed by atoms with Crippen LogP contribution in [0.2, 0.25) is 0 Å². The lowest BCUT2D eigenvalue weighted by molar-refractivity contribution is -0.135. The smallest absolute Gasteiger partial charge is 0.337 e. The maximum Gasteiger partial charge on any atom is 0.337 e. The number of aromatic carboxylic acids is 1. The number of nitrogen functional groups attached to an aromatic ring is 1. The van der Waals surface area contributed by atoms with Crippen LogP contribution in [0.25, 0.3) is 0 Å². The number of carbonyl (C=O) groups excluding carboxylic acids is 2. The summed E-state index contributed by atoms with van der Waals surface area (Å²) in [5, 5.41) is 11.2. The van der Waals surface area contributed by atoms with Gasteiger partial charge in [0.05, 0.1) is 12.1 Å². The van der Waals surface area contributed by atoms with Crippen molar-refractivity contribution in [1.29, 1.82) is 0 Å². The number of carboxylic acid groups (broad SMARTS) is 1. The molecule has 7 nitrogen and oxygen atoms in total. The van der Waals surface area contributed by atoms with Crippen molar-refractivity contribution in [3.8, 4) is 0 Å². The molecule has 20 heavy (non-hydrogen) atoms. The van der Waals surface area contributed by atoms with Gasteiger partial charge in [-0.1, -0.05) is 0 Å². The molecular formula is C13H15N3O4. The second-order valence-electron chi connectivity index (χ2n) is 5.10. The van der Waals surface area contributed by atoms with Gasteiger partial charge in [0.25, 0.3) is 5.91 Å². The lowest BCUT2D eigenvalue weighted by atomic mass is 9.97. The average Bonchev–Trinajstić information content (AvgIpc) is 2.33. The van der Waals surface area contributed by atoms with Crippen LogP contribution < -0.4 is 16.0 Å². The summed E-state index contributed by atoms with van der Waals surface area (Å²) in [6.07, 6.45) is 0. The summed E-state index contributed by atoms with van der Waals surface area (Å²) in [5.74, 6) is -1.94. The lowest BCUT2D eigenvalue weighted by Crippen LogP contribution is -2.64. The predicted octanol–water partition coefficient (Wildman–Crippen LogP) is 0.208. The molecule has 1 aliphatic rings. The molecule has 0 spiro atoms. The van der Waals surface area contributed by atoms with E-state index in [9.17, 15) is 14.4 Å². The second-order valence-corrected chi connectivity index (χ2v) is 5.10. The molecule has 106 valence electrons. The minimum absolute atomic E-state index is 0.00456. The Morgan fingerprint density at radius 2 is 2.05 bits per heavy atom. The van der Waals surface area contributed by atoms with E-state index in [4.69, 9.17) is 10.8 Å². The van der Waals surface area contributed by atoms with E-state index in [1.165, 1.54) is 18.2 Å². The van der Waals surface area contributed by atoms with Gasteiger partial charge in [0.2, 0.25) is 5.91 Å². The van der Waals surface area contributed by atoms with Gasteiger partial charge in [-0.15, -0.1) is 0 Å². The van der Waals surface area contributed by atoms with Crippen LogP contribution in [0.4, 0.5) is 11.4 Å². The SMILES string of the molecule is CC1(C)C(=O)NC(=O)CN1c1ccc(C(=O)O)c(N)c1. The Balaban J connectivity index is 2.44. The van der Waals surface area contributed by atoms with Crippen molar-refractivity contribution in [2.75, 3.05) is 17.2 Å². The summed E-state index contributed by atoms with van der Waals surface area (Å²) < 4.78 is 0. The second kappa shape index (κ2) is 4.52. The van der Waals surface area contributed by atoms with Crippen LogP contribution >= 0.6 is 0 Å². The Kier molecular flexibility index (Phi) is 3.13. The number of benzene rings is 1. The van der Waals surface area contributed by atoms with Crippen molar-refractivity contribution >= 4 is 29.2 Å². The summed E-state index contributed by atoms with van der Waals surface area (Å²) >= 11 is 0. The van der Waals surface area contributed by atoms with Crippen molar-refractivity contribution in [3.05, 3.63) is 23.8 Å². The number of hydrogen-bond donors (Lipinski definition) is 3. The number of carboxylic acids is 1. The average molecular weight is 277 g/mol. The van der Waals surface area contributed by atoms with Crippen LogP contribution in [0, 0.1) is 0 Å². The van der Waals surface area contributed by atoms with E-state index in [0.29, 0.717) is 5.69 Å². The van der Waals surface area contributed by atoms with E-state index in [1.807, 2.05) is 0 Å². The number of hydrogen-bond acceptors (Lipinski definition) is 5. The highest BCUT2D eigenvalue weighted by Crippen LogP contribution is 2.29. The van der Waals surface area contributed by atoms with E-state index in [0.717, 1.165) is 0 Å². The number of imide groups is 1. The molecule has 0 aromatic heterocycles. The van der Waals surface area contributed by atoms with Crippen molar-refractivity contribution in [3.63, 3.8) is 0 Å². The van der Waals surface area contributed by atoms with Crippen LogP contribution in [-0.2, 0) is 9.59 Å². The standard InChI is InChI=1S/C13H15N3O4/c1-13(2)12(20)15-10(17)6-16(13)7-3-4-8(11(18)19)9(14)5-7/h3-5H,6,14H2,1-2H3,(H,18,19)(H,15,17,20). The third-order valence-electron chi connectivity index (χ3n) is 3.36. The highest BCUT2D eigenvalue weighted by atomic mass is 16.4. The van der Waals surface area contributed by atoms with Gasteiger partial charge in [-0.2, -0.15) is 0 Å². The van der Waals surface area contributed by atoms with Crippen LogP contribution in [0.1, 0.15) is 24.2 Å². The molecule has 1 saturated heterocycles. The highest BCUT2D eigenvalue weighted by Gasteiger charge is 2.41. The van der Waals surface area contributed by atoms with Crippen LogP contribution in [0.3, 0.4) is 0 Å². The molecule has 1 heterocycles. The molecule has 1 aromatic rings. The largest absolute Gasteiger partial charge is 0.478 e. The maximum absolute atomic E-state index is 11.9. The number of piperazine rings is 1. The van der Waals surface area contributed by atoms with Gasteiger partial charge in [-0.3, -0.25) is 14.9 Å². The Morgan fingerprint density at radius 1 is 1.40 bits per heavy atom. The Labute approximate surface area is 115 Å². The molecule has 7 heteroatoms. The van der Waals surface area contributed by atoms with E-state index < -0.39 is 23.3 Å². The minimum Gasteiger partial charge on any atom is -0.478 e. The molecule has 0 bridgehead atoms. The number of nitrogens with one attached hydrogen (secondary N) is 1. The normalized spacial score (nSPS) is 17.8. The Hall–Kier alpha value is -2.57. The zero-order valence-electron chi connectivity index (χ0n) is 11.1. The minimum atomic E-state index is -1.12. The number of carbonyl (C=O) groups is 3. The summed E-state index contributed by atoms with van der Waals surface area (Å²) in [4.78, 5) is 35.9. The molecule has 4 N–H and O–H groups in total. The molecule has 0 aliphatic carbocycles. The molecule has 0 atom stereocenters. The zero-order chi connectivity index (χ0) is 15.1. The molecule has 1 aliphatic heterocycles. The van der Waals surface area contributed by atoms with Gasteiger partial charge >= 0.3 is 5.97 Å². The van der Waals surface area contributed by atoms with Crippen molar-refractivity contribution in [2.45, 2.75) is 19.4 Å². The fourth-order valence-corrected chi connectivity index (χ4v) is 2.11. The zero-order valence-corrected chi connectivity index (χ0v) is 11.1. The highest BCUT2D eigenvalue weighted by molar-refractivity contribution is 6.07. The van der Waals surface area contributed by atoms with Gasteiger partial charge in [0.15, 0.2) is 0 Å². The number of nitrogens with two attached hydrogens (primary N) is 1.